The molecule has 0 aliphatic carbocycles. The van der Waals surface area contributed by atoms with Gasteiger partial charge >= 0.3 is 0 Å². The van der Waals surface area contributed by atoms with Gasteiger partial charge in [-0.3, -0.25) is 14.4 Å². The first-order valence-electron chi connectivity index (χ1n) is 7.32. The van der Waals surface area contributed by atoms with Crippen molar-refractivity contribution in [2.45, 2.75) is 27.2 Å². The Hall–Kier alpha value is -2.37. The Morgan fingerprint density at radius 1 is 0.864 bits per heavy atom. The van der Waals surface area contributed by atoms with Crippen molar-refractivity contribution in [2.24, 2.45) is 0 Å². The fourth-order valence-corrected chi connectivity index (χ4v) is 1.94. The van der Waals surface area contributed by atoms with Crippen LogP contribution >= 0.6 is 0 Å². The van der Waals surface area contributed by atoms with Crippen LogP contribution in [0.25, 0.3) is 0 Å². The summed E-state index contributed by atoms with van der Waals surface area (Å²) >= 11 is 0. The predicted molar refractivity (Wildman–Crippen MR) is 84.6 cm³/mol. The molecule has 0 spiro atoms. The van der Waals surface area contributed by atoms with Crippen LogP contribution in [0.15, 0.2) is 18.2 Å². The number of rotatable bonds is 7. The molecule has 1 aromatic rings. The van der Waals surface area contributed by atoms with E-state index in [1.165, 1.54) is 0 Å². The molecule has 0 saturated carbocycles. The standard InChI is InChI=1S/C16H23N3O3/c1-4-5-17-14(20)9-18-15(21)10-19-16(22)13-7-11(2)6-12(3)8-13/h6-8H,4-5,9-10H2,1-3H3,(H,17,20)(H,18,21)(H,19,22). The van der Waals surface area contributed by atoms with Crippen LogP contribution in [-0.4, -0.2) is 37.4 Å². The third-order valence-corrected chi connectivity index (χ3v) is 2.91. The SMILES string of the molecule is CCCNC(=O)CNC(=O)CNC(=O)c1cc(C)cc(C)c1. The first kappa shape index (κ1) is 17.7. The fraction of sp³-hybridized carbons (Fsp3) is 0.438. The van der Waals surface area contributed by atoms with Gasteiger partial charge in [-0.15, -0.1) is 0 Å². The summed E-state index contributed by atoms with van der Waals surface area (Å²) in [4.78, 5) is 34.9. The van der Waals surface area contributed by atoms with Gasteiger partial charge in [-0.1, -0.05) is 24.1 Å². The van der Waals surface area contributed by atoms with Crippen molar-refractivity contribution in [1.82, 2.24) is 16.0 Å². The molecule has 0 fully saturated rings. The average molecular weight is 305 g/mol. The molecule has 1 aromatic carbocycles. The van der Waals surface area contributed by atoms with E-state index in [0.29, 0.717) is 12.1 Å². The zero-order chi connectivity index (χ0) is 16.5. The fourth-order valence-electron chi connectivity index (χ4n) is 1.94. The second-order valence-electron chi connectivity index (χ2n) is 5.19. The topological polar surface area (TPSA) is 87.3 Å². The van der Waals surface area contributed by atoms with Crippen LogP contribution in [0.2, 0.25) is 0 Å². The molecule has 0 heterocycles. The van der Waals surface area contributed by atoms with Gasteiger partial charge in [0.15, 0.2) is 0 Å². The number of benzene rings is 1. The van der Waals surface area contributed by atoms with E-state index < -0.39 is 5.91 Å². The second-order valence-corrected chi connectivity index (χ2v) is 5.19. The molecule has 3 N–H and O–H groups in total. The summed E-state index contributed by atoms with van der Waals surface area (Å²) in [7, 11) is 0. The molecule has 6 nitrogen and oxygen atoms in total. The molecular formula is C16H23N3O3. The maximum Gasteiger partial charge on any atom is 0.251 e. The van der Waals surface area contributed by atoms with E-state index in [1.54, 1.807) is 12.1 Å². The van der Waals surface area contributed by atoms with E-state index in [9.17, 15) is 14.4 Å². The van der Waals surface area contributed by atoms with Crippen molar-refractivity contribution < 1.29 is 14.4 Å². The molecule has 6 heteroatoms. The lowest BCUT2D eigenvalue weighted by atomic mass is 10.1. The van der Waals surface area contributed by atoms with Gasteiger partial charge in [-0.2, -0.15) is 0 Å². The van der Waals surface area contributed by atoms with Crippen LogP contribution in [0, 0.1) is 13.8 Å². The minimum Gasteiger partial charge on any atom is -0.355 e. The van der Waals surface area contributed by atoms with Gasteiger partial charge in [-0.05, 0) is 32.4 Å². The van der Waals surface area contributed by atoms with Gasteiger partial charge in [0.05, 0.1) is 13.1 Å². The van der Waals surface area contributed by atoms with E-state index in [1.807, 2.05) is 26.8 Å². The molecule has 120 valence electrons. The molecule has 0 atom stereocenters. The number of nitrogens with one attached hydrogen (secondary N) is 3. The predicted octanol–water partition coefficient (Wildman–Crippen LogP) is 0.676. The molecule has 22 heavy (non-hydrogen) atoms. The molecule has 0 aliphatic heterocycles. The molecule has 1 rings (SSSR count). The maximum atomic E-state index is 12.0. The van der Waals surface area contributed by atoms with Crippen molar-refractivity contribution in [2.75, 3.05) is 19.6 Å². The van der Waals surface area contributed by atoms with Gasteiger partial charge in [0, 0.05) is 12.1 Å². The Morgan fingerprint density at radius 2 is 1.41 bits per heavy atom. The first-order chi connectivity index (χ1) is 10.4. The van der Waals surface area contributed by atoms with E-state index in [0.717, 1.165) is 17.5 Å². The summed E-state index contributed by atoms with van der Waals surface area (Å²) in [5.74, 6) is -0.947. The molecule has 0 bridgehead atoms. The Kier molecular flexibility index (Phi) is 7.08. The number of carbonyl (C=O) groups excluding carboxylic acids is 3. The van der Waals surface area contributed by atoms with Gasteiger partial charge in [-0.25, -0.2) is 0 Å². The number of amides is 3. The normalized spacial score (nSPS) is 9.95. The molecule has 0 unspecified atom stereocenters. The molecular weight excluding hydrogens is 282 g/mol. The van der Waals surface area contributed by atoms with Crippen LogP contribution in [-0.2, 0) is 9.59 Å². The number of carbonyl (C=O) groups is 3. The summed E-state index contributed by atoms with van der Waals surface area (Å²) < 4.78 is 0. The lowest BCUT2D eigenvalue weighted by Gasteiger charge is -2.08. The van der Waals surface area contributed by atoms with Crippen LogP contribution in [0.3, 0.4) is 0 Å². The smallest absolute Gasteiger partial charge is 0.251 e. The van der Waals surface area contributed by atoms with E-state index in [-0.39, 0.29) is 24.9 Å². The maximum absolute atomic E-state index is 12.0. The van der Waals surface area contributed by atoms with E-state index in [4.69, 9.17) is 0 Å². The van der Waals surface area contributed by atoms with E-state index in [2.05, 4.69) is 16.0 Å². The van der Waals surface area contributed by atoms with Crippen molar-refractivity contribution in [3.63, 3.8) is 0 Å². The lowest BCUT2D eigenvalue weighted by molar-refractivity contribution is -0.125. The lowest BCUT2D eigenvalue weighted by Crippen LogP contribution is -2.42. The summed E-state index contributed by atoms with van der Waals surface area (Å²) in [5.41, 5.74) is 2.50. The van der Waals surface area contributed by atoms with Crippen molar-refractivity contribution in [3.8, 4) is 0 Å². The molecule has 0 saturated heterocycles. The Labute approximate surface area is 130 Å². The second kappa shape index (κ2) is 8.81. The van der Waals surface area contributed by atoms with Gasteiger partial charge < -0.3 is 16.0 Å². The van der Waals surface area contributed by atoms with Gasteiger partial charge in [0.2, 0.25) is 11.8 Å². The Balaban J connectivity index is 2.37. The highest BCUT2D eigenvalue weighted by atomic mass is 16.2. The Bertz CT molecular complexity index is 535. The highest BCUT2D eigenvalue weighted by Crippen LogP contribution is 2.08. The zero-order valence-corrected chi connectivity index (χ0v) is 13.3. The van der Waals surface area contributed by atoms with Crippen LogP contribution in [0.5, 0.6) is 0 Å². The minimum absolute atomic E-state index is 0.0851. The van der Waals surface area contributed by atoms with Crippen LogP contribution in [0.4, 0.5) is 0 Å². The molecule has 3 amide bonds. The third kappa shape index (κ3) is 6.39. The molecule has 0 radical (unpaired) electrons. The van der Waals surface area contributed by atoms with Gasteiger partial charge in [0.25, 0.3) is 5.91 Å². The summed E-state index contributed by atoms with van der Waals surface area (Å²) in [6.07, 6.45) is 0.839. The first-order valence-corrected chi connectivity index (χ1v) is 7.32. The number of hydrogen-bond acceptors (Lipinski definition) is 3. The summed E-state index contributed by atoms with van der Waals surface area (Å²) in [6, 6.07) is 5.50. The average Bonchev–Trinajstić information content (AvgIpc) is 2.47. The third-order valence-electron chi connectivity index (χ3n) is 2.91. The van der Waals surface area contributed by atoms with E-state index >= 15 is 0 Å². The molecule has 0 aliphatic rings. The summed E-state index contributed by atoms with van der Waals surface area (Å²) in [6.45, 7) is 6.10. The highest BCUT2D eigenvalue weighted by Gasteiger charge is 2.09. The quantitative estimate of drug-likeness (QED) is 0.692. The number of hydrogen-bond donors (Lipinski definition) is 3. The summed E-state index contributed by atoms with van der Waals surface area (Å²) in [5, 5.41) is 7.64. The van der Waals surface area contributed by atoms with Crippen molar-refractivity contribution in [1.29, 1.82) is 0 Å². The zero-order valence-electron chi connectivity index (χ0n) is 13.3. The highest BCUT2D eigenvalue weighted by molar-refractivity contribution is 5.97. The largest absolute Gasteiger partial charge is 0.355 e. The van der Waals surface area contributed by atoms with Crippen LogP contribution in [0.1, 0.15) is 34.8 Å². The minimum atomic E-state index is -0.399. The van der Waals surface area contributed by atoms with Crippen molar-refractivity contribution in [3.05, 3.63) is 34.9 Å². The Morgan fingerprint density at radius 3 is 2.00 bits per heavy atom. The molecule has 0 aromatic heterocycles. The van der Waals surface area contributed by atoms with Crippen molar-refractivity contribution >= 4 is 17.7 Å². The number of aryl methyl sites for hydroxylation is 2. The monoisotopic (exact) mass is 305 g/mol. The van der Waals surface area contributed by atoms with Crippen LogP contribution < -0.4 is 16.0 Å². The van der Waals surface area contributed by atoms with Gasteiger partial charge in [0.1, 0.15) is 0 Å².